The minimum absolute atomic E-state index is 0.171. The molecule has 0 aliphatic carbocycles. The van der Waals surface area contributed by atoms with E-state index in [2.05, 4.69) is 15.3 Å². The van der Waals surface area contributed by atoms with E-state index in [1.165, 1.54) is 0 Å². The van der Waals surface area contributed by atoms with Crippen LogP contribution in [0.5, 0.6) is 0 Å². The molecule has 116 valence electrons. The lowest BCUT2D eigenvalue weighted by atomic mass is 10.1. The molecular weight excluding hydrogens is 276 g/mol. The number of hydrogen-bond donors (Lipinski definition) is 1. The fourth-order valence-corrected chi connectivity index (χ4v) is 2.21. The summed E-state index contributed by atoms with van der Waals surface area (Å²) in [7, 11) is 0. The second kappa shape index (κ2) is 7.54. The Hall–Kier alpha value is -2.43. The van der Waals surface area contributed by atoms with Crippen molar-refractivity contribution in [3.63, 3.8) is 0 Å². The van der Waals surface area contributed by atoms with Gasteiger partial charge in [-0.1, -0.05) is 30.3 Å². The normalized spacial score (nSPS) is 10.3. The molecule has 1 amide bonds. The van der Waals surface area contributed by atoms with Gasteiger partial charge in [0.05, 0.1) is 5.69 Å². The largest absolute Gasteiger partial charge is 0.351 e. The van der Waals surface area contributed by atoms with Gasteiger partial charge in [-0.25, -0.2) is 9.97 Å². The maximum absolute atomic E-state index is 12.2. The quantitative estimate of drug-likeness (QED) is 0.891. The number of carbonyl (C=O) groups is 1. The molecule has 1 aromatic carbocycles. The minimum Gasteiger partial charge on any atom is -0.351 e. The van der Waals surface area contributed by atoms with E-state index in [1.807, 2.05) is 56.0 Å². The van der Waals surface area contributed by atoms with Crippen LogP contribution in [0.4, 0.5) is 5.95 Å². The first-order valence-electron chi connectivity index (χ1n) is 7.67. The number of aromatic nitrogens is 2. The van der Waals surface area contributed by atoms with Crippen molar-refractivity contribution in [3.8, 4) is 11.3 Å². The lowest BCUT2D eigenvalue weighted by Gasteiger charge is -2.20. The molecule has 0 fully saturated rings. The van der Waals surface area contributed by atoms with Crippen LogP contribution in [0.25, 0.3) is 11.3 Å². The lowest BCUT2D eigenvalue weighted by Crippen LogP contribution is -2.28. The molecule has 0 spiro atoms. The van der Waals surface area contributed by atoms with Crippen LogP contribution >= 0.6 is 0 Å². The monoisotopic (exact) mass is 298 g/mol. The molecule has 0 unspecified atom stereocenters. The Labute approximate surface area is 131 Å². The van der Waals surface area contributed by atoms with Crippen LogP contribution in [0.15, 0.2) is 36.4 Å². The molecule has 22 heavy (non-hydrogen) atoms. The van der Waals surface area contributed by atoms with Gasteiger partial charge in [-0.05, 0) is 26.8 Å². The second-order valence-corrected chi connectivity index (χ2v) is 4.84. The van der Waals surface area contributed by atoms with Crippen molar-refractivity contribution < 1.29 is 4.79 Å². The Morgan fingerprint density at radius 3 is 2.36 bits per heavy atom. The van der Waals surface area contributed by atoms with Gasteiger partial charge in [0.15, 0.2) is 0 Å². The Morgan fingerprint density at radius 1 is 1.09 bits per heavy atom. The first kappa shape index (κ1) is 15.9. The molecule has 2 rings (SSSR count). The summed E-state index contributed by atoms with van der Waals surface area (Å²) < 4.78 is 0. The topological polar surface area (TPSA) is 58.1 Å². The molecule has 5 heteroatoms. The average molecular weight is 298 g/mol. The number of carbonyl (C=O) groups excluding carboxylic acids is 1. The van der Waals surface area contributed by atoms with Crippen molar-refractivity contribution >= 4 is 11.9 Å². The highest BCUT2D eigenvalue weighted by molar-refractivity contribution is 5.93. The summed E-state index contributed by atoms with van der Waals surface area (Å²) in [6, 6.07) is 11.6. The average Bonchev–Trinajstić information content (AvgIpc) is 2.57. The van der Waals surface area contributed by atoms with E-state index in [0.717, 1.165) is 24.3 Å². The zero-order valence-electron chi connectivity index (χ0n) is 13.3. The molecule has 5 nitrogen and oxygen atoms in total. The predicted octanol–water partition coefficient (Wildman–Crippen LogP) is 2.74. The zero-order valence-corrected chi connectivity index (χ0v) is 13.3. The van der Waals surface area contributed by atoms with Crippen LogP contribution in [0.2, 0.25) is 0 Å². The molecule has 0 radical (unpaired) electrons. The Kier molecular flexibility index (Phi) is 5.47. The molecule has 2 aromatic rings. The maximum atomic E-state index is 12.2. The van der Waals surface area contributed by atoms with Crippen LogP contribution in [0.3, 0.4) is 0 Å². The number of benzene rings is 1. The van der Waals surface area contributed by atoms with Crippen LogP contribution in [0, 0.1) is 0 Å². The number of nitrogens with zero attached hydrogens (tertiary/aromatic N) is 3. The van der Waals surface area contributed by atoms with Gasteiger partial charge >= 0.3 is 0 Å². The first-order chi connectivity index (χ1) is 10.7. The van der Waals surface area contributed by atoms with Crippen molar-refractivity contribution in [1.82, 2.24) is 15.3 Å². The highest BCUT2D eigenvalue weighted by atomic mass is 16.1. The molecule has 0 saturated carbocycles. The minimum atomic E-state index is -0.171. The maximum Gasteiger partial charge on any atom is 0.270 e. The molecule has 1 aromatic heterocycles. The van der Waals surface area contributed by atoms with Crippen molar-refractivity contribution in [2.45, 2.75) is 20.8 Å². The van der Waals surface area contributed by atoms with Crippen LogP contribution < -0.4 is 10.2 Å². The van der Waals surface area contributed by atoms with Crippen LogP contribution in [-0.4, -0.2) is 35.5 Å². The van der Waals surface area contributed by atoms with Crippen molar-refractivity contribution in [2.24, 2.45) is 0 Å². The fourth-order valence-electron chi connectivity index (χ4n) is 2.21. The predicted molar refractivity (Wildman–Crippen MR) is 89.0 cm³/mol. The van der Waals surface area contributed by atoms with E-state index in [9.17, 15) is 4.79 Å². The van der Waals surface area contributed by atoms with Crippen LogP contribution in [0.1, 0.15) is 31.3 Å². The van der Waals surface area contributed by atoms with E-state index in [-0.39, 0.29) is 5.91 Å². The van der Waals surface area contributed by atoms with E-state index in [0.29, 0.717) is 18.2 Å². The van der Waals surface area contributed by atoms with Gasteiger partial charge in [0.25, 0.3) is 5.91 Å². The molecule has 1 N–H and O–H groups in total. The van der Waals surface area contributed by atoms with Gasteiger partial charge in [-0.15, -0.1) is 0 Å². The van der Waals surface area contributed by atoms with Crippen LogP contribution in [-0.2, 0) is 0 Å². The molecule has 0 aliphatic heterocycles. The Morgan fingerprint density at radius 2 is 1.77 bits per heavy atom. The number of anilines is 1. The third-order valence-corrected chi connectivity index (χ3v) is 3.40. The third kappa shape index (κ3) is 3.61. The van der Waals surface area contributed by atoms with E-state index < -0.39 is 0 Å². The summed E-state index contributed by atoms with van der Waals surface area (Å²) in [5.41, 5.74) is 2.14. The smallest absolute Gasteiger partial charge is 0.270 e. The van der Waals surface area contributed by atoms with Crippen molar-refractivity contribution in [2.75, 3.05) is 24.5 Å². The van der Waals surface area contributed by atoms with Gasteiger partial charge < -0.3 is 10.2 Å². The molecule has 1 heterocycles. The van der Waals surface area contributed by atoms with Gasteiger partial charge in [0.1, 0.15) is 5.69 Å². The highest BCUT2D eigenvalue weighted by Gasteiger charge is 2.15. The standard InChI is InChI=1S/C17H22N4O/c1-4-18-16(22)15-12-14(13-10-8-7-9-11-13)19-17(20-15)21(5-2)6-3/h7-12H,4-6H2,1-3H3,(H,18,22). The Balaban J connectivity index is 2.51. The highest BCUT2D eigenvalue weighted by Crippen LogP contribution is 2.20. The number of nitrogens with one attached hydrogen (secondary N) is 1. The van der Waals surface area contributed by atoms with Crippen molar-refractivity contribution in [1.29, 1.82) is 0 Å². The lowest BCUT2D eigenvalue weighted by molar-refractivity contribution is 0.0951. The summed E-state index contributed by atoms with van der Waals surface area (Å²) in [6.45, 7) is 8.15. The molecule has 0 atom stereocenters. The fraction of sp³-hybridized carbons (Fsp3) is 0.353. The van der Waals surface area contributed by atoms with Gasteiger partial charge in [0, 0.05) is 25.2 Å². The van der Waals surface area contributed by atoms with Gasteiger partial charge in [0.2, 0.25) is 5.95 Å². The first-order valence-corrected chi connectivity index (χ1v) is 7.67. The molecule has 0 saturated heterocycles. The summed E-state index contributed by atoms with van der Waals surface area (Å²) in [5.74, 6) is 0.420. The van der Waals surface area contributed by atoms with E-state index >= 15 is 0 Å². The zero-order chi connectivity index (χ0) is 15.9. The summed E-state index contributed by atoms with van der Waals surface area (Å²) in [6.07, 6.45) is 0. The third-order valence-electron chi connectivity index (χ3n) is 3.40. The van der Waals surface area contributed by atoms with E-state index in [1.54, 1.807) is 6.07 Å². The SMILES string of the molecule is CCNC(=O)c1cc(-c2ccccc2)nc(N(CC)CC)n1. The summed E-state index contributed by atoms with van der Waals surface area (Å²) in [4.78, 5) is 23.2. The molecule has 0 aliphatic rings. The Bertz CT molecular complexity index is 624. The van der Waals surface area contributed by atoms with E-state index in [4.69, 9.17) is 0 Å². The number of rotatable bonds is 6. The summed E-state index contributed by atoms with van der Waals surface area (Å²) >= 11 is 0. The van der Waals surface area contributed by atoms with Crippen molar-refractivity contribution in [3.05, 3.63) is 42.1 Å². The summed E-state index contributed by atoms with van der Waals surface area (Å²) in [5, 5.41) is 2.79. The molecular formula is C17H22N4O. The van der Waals surface area contributed by atoms with Gasteiger partial charge in [-0.2, -0.15) is 0 Å². The number of hydrogen-bond acceptors (Lipinski definition) is 4. The number of amides is 1. The second-order valence-electron chi connectivity index (χ2n) is 4.84. The molecule has 0 bridgehead atoms. The van der Waals surface area contributed by atoms with Gasteiger partial charge in [-0.3, -0.25) is 4.79 Å².